The molecule has 0 bridgehead atoms. The predicted molar refractivity (Wildman–Crippen MR) is 89.2 cm³/mol. The van der Waals surface area contributed by atoms with E-state index in [9.17, 15) is 4.79 Å². The van der Waals surface area contributed by atoms with Gasteiger partial charge in [0, 0.05) is 25.2 Å². The molecular weight excluding hydrogens is 297 g/mol. The van der Waals surface area contributed by atoms with E-state index in [1.807, 2.05) is 45.3 Å². The summed E-state index contributed by atoms with van der Waals surface area (Å²) in [4.78, 5) is 14.0. The van der Waals surface area contributed by atoms with E-state index in [2.05, 4.69) is 15.5 Å². The fraction of sp³-hybridized carbons (Fsp3) is 0.500. The third-order valence-electron chi connectivity index (χ3n) is 2.53. The summed E-state index contributed by atoms with van der Waals surface area (Å²) in [7, 11) is 4.03. The van der Waals surface area contributed by atoms with Gasteiger partial charge in [-0.15, -0.1) is 24.8 Å². The normalized spacial score (nSPS) is 9.60. The minimum absolute atomic E-state index is 0. The first-order valence-corrected chi connectivity index (χ1v) is 6.36. The third-order valence-corrected chi connectivity index (χ3v) is 2.53. The van der Waals surface area contributed by atoms with Gasteiger partial charge in [-0.1, -0.05) is 19.1 Å². The number of likely N-dealkylation sites (N-methyl/N-ethyl adjacent to an activating group) is 1. The molecule has 0 aromatic heterocycles. The van der Waals surface area contributed by atoms with Gasteiger partial charge in [-0.25, -0.2) is 0 Å². The molecule has 6 heteroatoms. The number of carbonyl (C=O) groups is 1. The molecule has 0 aliphatic heterocycles. The standard InChI is InChI=1S/C14H23N3O.2ClH/c1-4-15-8-9-16-14(18)13-7-5-6-12(10-13)11-17(2)3;;/h5-7,10,15H,4,8-9,11H2,1-3H3,(H,16,18);2*1H. The highest BCUT2D eigenvalue weighted by atomic mass is 35.5. The van der Waals surface area contributed by atoms with Crippen LogP contribution < -0.4 is 10.6 Å². The van der Waals surface area contributed by atoms with Crippen molar-refractivity contribution in [3.63, 3.8) is 0 Å². The average molecular weight is 322 g/mol. The minimum atomic E-state index is -0.00601. The fourth-order valence-corrected chi connectivity index (χ4v) is 1.72. The molecule has 0 aliphatic rings. The van der Waals surface area contributed by atoms with Crippen molar-refractivity contribution >= 4 is 30.7 Å². The van der Waals surface area contributed by atoms with Gasteiger partial charge in [0.25, 0.3) is 5.91 Å². The van der Waals surface area contributed by atoms with Crippen LogP contribution in [0.5, 0.6) is 0 Å². The van der Waals surface area contributed by atoms with Crippen LogP contribution in [-0.4, -0.2) is 44.5 Å². The summed E-state index contributed by atoms with van der Waals surface area (Å²) in [6, 6.07) is 7.76. The van der Waals surface area contributed by atoms with Gasteiger partial charge >= 0.3 is 0 Å². The smallest absolute Gasteiger partial charge is 0.251 e. The monoisotopic (exact) mass is 321 g/mol. The molecule has 1 amide bonds. The van der Waals surface area contributed by atoms with Crippen LogP contribution in [-0.2, 0) is 6.54 Å². The summed E-state index contributed by atoms with van der Waals surface area (Å²) in [5.41, 5.74) is 1.88. The molecule has 0 spiro atoms. The third kappa shape index (κ3) is 8.38. The molecule has 1 aromatic carbocycles. The molecule has 0 saturated heterocycles. The van der Waals surface area contributed by atoms with E-state index in [-0.39, 0.29) is 30.7 Å². The molecule has 2 N–H and O–H groups in total. The lowest BCUT2D eigenvalue weighted by atomic mass is 10.1. The van der Waals surface area contributed by atoms with Crippen molar-refractivity contribution in [1.29, 1.82) is 0 Å². The Labute approximate surface area is 134 Å². The summed E-state index contributed by atoms with van der Waals surface area (Å²) < 4.78 is 0. The molecule has 0 fully saturated rings. The summed E-state index contributed by atoms with van der Waals surface area (Å²) in [6.07, 6.45) is 0. The molecule has 1 rings (SSSR count). The van der Waals surface area contributed by atoms with Gasteiger partial charge in [0.15, 0.2) is 0 Å². The molecule has 20 heavy (non-hydrogen) atoms. The Morgan fingerprint density at radius 1 is 1.20 bits per heavy atom. The van der Waals surface area contributed by atoms with Gasteiger partial charge in [-0.2, -0.15) is 0 Å². The lowest BCUT2D eigenvalue weighted by Gasteiger charge is -2.11. The molecule has 0 heterocycles. The Morgan fingerprint density at radius 3 is 2.50 bits per heavy atom. The number of hydrogen-bond donors (Lipinski definition) is 2. The highest BCUT2D eigenvalue weighted by Gasteiger charge is 2.05. The number of carbonyl (C=O) groups excluding carboxylic acids is 1. The maximum absolute atomic E-state index is 11.9. The van der Waals surface area contributed by atoms with Crippen molar-refractivity contribution in [2.24, 2.45) is 0 Å². The zero-order valence-electron chi connectivity index (χ0n) is 12.3. The first kappa shape index (κ1) is 21.5. The second-order valence-corrected chi connectivity index (χ2v) is 4.55. The summed E-state index contributed by atoms with van der Waals surface area (Å²) in [5.74, 6) is -0.00601. The van der Waals surface area contributed by atoms with E-state index in [1.54, 1.807) is 0 Å². The van der Waals surface area contributed by atoms with Crippen LogP contribution in [0.15, 0.2) is 24.3 Å². The molecular formula is C14H25Cl2N3O. The Bertz CT molecular complexity index is 386. The molecule has 0 atom stereocenters. The van der Waals surface area contributed by atoms with E-state index in [1.165, 1.54) is 0 Å². The van der Waals surface area contributed by atoms with Crippen LogP contribution in [0.3, 0.4) is 0 Å². The van der Waals surface area contributed by atoms with Gasteiger partial charge in [0.1, 0.15) is 0 Å². The molecule has 116 valence electrons. The van der Waals surface area contributed by atoms with Gasteiger partial charge in [0.2, 0.25) is 0 Å². The van der Waals surface area contributed by atoms with Gasteiger partial charge in [-0.3, -0.25) is 4.79 Å². The van der Waals surface area contributed by atoms with Crippen LogP contribution in [0, 0.1) is 0 Å². The van der Waals surface area contributed by atoms with Crippen molar-refractivity contribution in [3.05, 3.63) is 35.4 Å². The maximum atomic E-state index is 11.9. The Hall–Kier alpha value is -0.810. The number of hydrogen-bond acceptors (Lipinski definition) is 3. The molecule has 0 aliphatic carbocycles. The van der Waals surface area contributed by atoms with Crippen molar-refractivity contribution in [1.82, 2.24) is 15.5 Å². The van der Waals surface area contributed by atoms with E-state index in [4.69, 9.17) is 0 Å². The quantitative estimate of drug-likeness (QED) is 0.754. The number of nitrogens with zero attached hydrogens (tertiary/aromatic N) is 1. The average Bonchev–Trinajstić information content (AvgIpc) is 2.34. The predicted octanol–water partition coefficient (Wildman–Crippen LogP) is 1.93. The van der Waals surface area contributed by atoms with E-state index in [0.29, 0.717) is 6.54 Å². The van der Waals surface area contributed by atoms with Crippen LogP contribution in [0.1, 0.15) is 22.8 Å². The number of halogens is 2. The van der Waals surface area contributed by atoms with Crippen LogP contribution >= 0.6 is 24.8 Å². The second-order valence-electron chi connectivity index (χ2n) is 4.55. The Kier molecular flexibility index (Phi) is 12.9. The number of nitrogens with one attached hydrogen (secondary N) is 2. The number of amides is 1. The highest BCUT2D eigenvalue weighted by Crippen LogP contribution is 2.06. The summed E-state index contributed by atoms with van der Waals surface area (Å²) in [5, 5.41) is 6.07. The van der Waals surface area contributed by atoms with E-state index in [0.717, 1.165) is 30.8 Å². The van der Waals surface area contributed by atoms with E-state index < -0.39 is 0 Å². The summed E-state index contributed by atoms with van der Waals surface area (Å²) in [6.45, 7) is 5.28. The lowest BCUT2D eigenvalue weighted by molar-refractivity contribution is 0.0954. The largest absolute Gasteiger partial charge is 0.351 e. The van der Waals surface area contributed by atoms with Crippen molar-refractivity contribution in [3.8, 4) is 0 Å². The van der Waals surface area contributed by atoms with Crippen molar-refractivity contribution in [2.75, 3.05) is 33.7 Å². The SMILES string of the molecule is CCNCCNC(=O)c1cccc(CN(C)C)c1.Cl.Cl. The molecule has 0 radical (unpaired) electrons. The molecule has 0 unspecified atom stereocenters. The topological polar surface area (TPSA) is 44.4 Å². The Morgan fingerprint density at radius 2 is 1.90 bits per heavy atom. The number of rotatable bonds is 7. The van der Waals surface area contributed by atoms with Crippen LogP contribution in [0.25, 0.3) is 0 Å². The molecule has 0 saturated carbocycles. The molecule has 1 aromatic rings. The van der Waals surface area contributed by atoms with Crippen molar-refractivity contribution < 1.29 is 4.79 Å². The number of benzene rings is 1. The lowest BCUT2D eigenvalue weighted by Crippen LogP contribution is -2.31. The zero-order valence-corrected chi connectivity index (χ0v) is 13.9. The van der Waals surface area contributed by atoms with Gasteiger partial charge in [-0.05, 0) is 38.3 Å². The molecule has 4 nitrogen and oxygen atoms in total. The van der Waals surface area contributed by atoms with Crippen LogP contribution in [0.4, 0.5) is 0 Å². The second kappa shape index (κ2) is 12.0. The first-order chi connectivity index (χ1) is 8.63. The fourth-order valence-electron chi connectivity index (χ4n) is 1.72. The van der Waals surface area contributed by atoms with Gasteiger partial charge < -0.3 is 15.5 Å². The van der Waals surface area contributed by atoms with Crippen LogP contribution in [0.2, 0.25) is 0 Å². The van der Waals surface area contributed by atoms with E-state index >= 15 is 0 Å². The first-order valence-electron chi connectivity index (χ1n) is 6.36. The summed E-state index contributed by atoms with van der Waals surface area (Å²) >= 11 is 0. The maximum Gasteiger partial charge on any atom is 0.251 e. The highest BCUT2D eigenvalue weighted by molar-refractivity contribution is 5.94. The zero-order chi connectivity index (χ0) is 13.4. The van der Waals surface area contributed by atoms with Gasteiger partial charge in [0.05, 0.1) is 0 Å². The van der Waals surface area contributed by atoms with Crippen molar-refractivity contribution in [2.45, 2.75) is 13.5 Å². The minimum Gasteiger partial charge on any atom is -0.351 e. The Balaban J connectivity index is 0.